The minimum Gasteiger partial charge on any atom is -0.383 e. The maximum Gasteiger partial charge on any atom is 0.423 e. The van der Waals surface area contributed by atoms with E-state index in [0.29, 0.717) is 18.5 Å². The van der Waals surface area contributed by atoms with Crippen LogP contribution in [0.5, 0.6) is 0 Å². The van der Waals surface area contributed by atoms with Gasteiger partial charge in [0.1, 0.15) is 17.0 Å². The first kappa shape index (κ1) is 24.1. The number of anilines is 1. The van der Waals surface area contributed by atoms with E-state index in [-0.39, 0.29) is 35.4 Å². The molecule has 0 unspecified atom stereocenters. The van der Waals surface area contributed by atoms with Crippen LogP contribution in [0.15, 0.2) is 52.7 Å². The topological polar surface area (TPSA) is 134 Å². The lowest BCUT2D eigenvalue weighted by atomic mass is 10.1. The van der Waals surface area contributed by atoms with Gasteiger partial charge in [-0.25, -0.2) is 24.4 Å². The van der Waals surface area contributed by atoms with Crippen LogP contribution in [0.2, 0.25) is 0 Å². The van der Waals surface area contributed by atoms with Gasteiger partial charge in [0.15, 0.2) is 5.82 Å². The minimum absolute atomic E-state index is 0.0761. The van der Waals surface area contributed by atoms with Crippen molar-refractivity contribution in [1.29, 1.82) is 0 Å². The number of nitrogens with one attached hydrogen (secondary N) is 3. The molecular weight excluding hydrogens is 496 g/mol. The van der Waals surface area contributed by atoms with E-state index < -0.39 is 34.4 Å². The molecule has 190 valence electrons. The van der Waals surface area contributed by atoms with Gasteiger partial charge in [-0.1, -0.05) is 0 Å². The van der Waals surface area contributed by atoms with Crippen molar-refractivity contribution in [2.45, 2.75) is 25.6 Å². The zero-order valence-electron chi connectivity index (χ0n) is 18.9. The van der Waals surface area contributed by atoms with Gasteiger partial charge in [0.2, 0.25) is 0 Å². The van der Waals surface area contributed by atoms with Crippen molar-refractivity contribution in [2.24, 2.45) is 0 Å². The van der Waals surface area contributed by atoms with E-state index in [1.165, 1.54) is 17.0 Å². The summed E-state index contributed by atoms with van der Waals surface area (Å²) in [5.74, 6) is -0.525. The van der Waals surface area contributed by atoms with Gasteiger partial charge in [0, 0.05) is 30.9 Å². The number of benzene rings is 1. The fraction of sp³-hybridized carbons (Fsp3) is 0.217. The molecule has 0 aliphatic heterocycles. The second-order valence-electron chi connectivity index (χ2n) is 8.19. The van der Waals surface area contributed by atoms with Gasteiger partial charge in [0.25, 0.3) is 11.1 Å². The van der Waals surface area contributed by atoms with Crippen molar-refractivity contribution < 1.29 is 17.6 Å². The monoisotopic (exact) mass is 514 g/mol. The second kappa shape index (κ2) is 9.44. The number of aromatic nitrogens is 7. The summed E-state index contributed by atoms with van der Waals surface area (Å²) in [6.45, 7) is 0.312. The third-order valence-electron chi connectivity index (χ3n) is 5.73. The van der Waals surface area contributed by atoms with Crippen LogP contribution in [0.3, 0.4) is 0 Å². The number of fused-ring (bicyclic) bond motifs is 2. The number of H-pyrrole nitrogens is 2. The Morgan fingerprint density at radius 1 is 1.08 bits per heavy atom. The molecule has 0 aliphatic carbocycles. The van der Waals surface area contributed by atoms with Crippen molar-refractivity contribution in [2.75, 3.05) is 11.9 Å². The van der Waals surface area contributed by atoms with Crippen LogP contribution in [0.4, 0.5) is 23.2 Å². The Hall–Kier alpha value is -4.62. The Kier molecular flexibility index (Phi) is 6.15. The fourth-order valence-corrected chi connectivity index (χ4v) is 3.92. The number of unbranched alkanes of at least 4 members (excludes halogenated alkanes) is 1. The fourth-order valence-electron chi connectivity index (χ4n) is 3.92. The number of halogens is 4. The highest BCUT2D eigenvalue weighted by atomic mass is 19.4. The molecule has 0 amide bonds. The van der Waals surface area contributed by atoms with Crippen molar-refractivity contribution in [3.05, 3.63) is 75.2 Å². The van der Waals surface area contributed by atoms with Crippen molar-refractivity contribution >= 4 is 27.6 Å². The van der Waals surface area contributed by atoms with E-state index in [1.54, 1.807) is 23.6 Å². The van der Waals surface area contributed by atoms with E-state index in [4.69, 9.17) is 0 Å². The van der Waals surface area contributed by atoms with Crippen LogP contribution in [0.25, 0.3) is 33.3 Å². The van der Waals surface area contributed by atoms with Gasteiger partial charge < -0.3 is 10.3 Å². The van der Waals surface area contributed by atoms with Crippen LogP contribution in [-0.2, 0) is 12.7 Å². The van der Waals surface area contributed by atoms with Crippen LogP contribution in [0.1, 0.15) is 18.4 Å². The first-order chi connectivity index (χ1) is 17.7. The molecule has 0 bridgehead atoms. The largest absolute Gasteiger partial charge is 0.423 e. The third kappa shape index (κ3) is 4.77. The zero-order valence-corrected chi connectivity index (χ0v) is 18.9. The van der Waals surface area contributed by atoms with Gasteiger partial charge in [0.05, 0.1) is 34.7 Å². The molecule has 5 rings (SSSR count). The van der Waals surface area contributed by atoms with Crippen LogP contribution in [0, 0.1) is 5.82 Å². The summed E-state index contributed by atoms with van der Waals surface area (Å²) in [7, 11) is 0. The van der Waals surface area contributed by atoms with E-state index >= 15 is 0 Å². The normalized spacial score (nSPS) is 11.9. The maximum absolute atomic E-state index is 14.9. The molecule has 4 heterocycles. The summed E-state index contributed by atoms with van der Waals surface area (Å²) < 4.78 is 55.5. The quantitative estimate of drug-likeness (QED) is 0.224. The van der Waals surface area contributed by atoms with Crippen molar-refractivity contribution in [3.63, 3.8) is 0 Å². The Labute approximate surface area is 204 Å². The van der Waals surface area contributed by atoms with E-state index in [9.17, 15) is 27.2 Å². The molecule has 0 spiro atoms. The molecular formula is C23H18F4N8O2. The van der Waals surface area contributed by atoms with E-state index in [0.717, 1.165) is 17.6 Å². The summed E-state index contributed by atoms with van der Waals surface area (Å²) in [5.41, 5.74) is -2.64. The summed E-state index contributed by atoms with van der Waals surface area (Å²) in [5, 5.41) is 8.57. The lowest BCUT2D eigenvalue weighted by molar-refractivity contribution is -0.138. The van der Waals surface area contributed by atoms with Crippen molar-refractivity contribution in [3.8, 4) is 11.4 Å². The molecule has 10 nitrogen and oxygen atoms in total. The average Bonchev–Trinajstić information content (AvgIpc) is 3.32. The molecule has 5 aromatic rings. The summed E-state index contributed by atoms with van der Waals surface area (Å²) in [4.78, 5) is 40.1. The summed E-state index contributed by atoms with van der Waals surface area (Å²) >= 11 is 0. The molecule has 0 saturated carbocycles. The molecule has 4 aromatic heterocycles. The lowest BCUT2D eigenvalue weighted by Crippen LogP contribution is -2.25. The summed E-state index contributed by atoms with van der Waals surface area (Å²) in [6, 6.07) is 4.30. The first-order valence-corrected chi connectivity index (χ1v) is 11.1. The molecule has 0 aliphatic rings. The molecule has 37 heavy (non-hydrogen) atoms. The summed E-state index contributed by atoms with van der Waals surface area (Å²) in [6.07, 6.45) is 1.43. The Balaban J connectivity index is 1.28. The number of hydrogen-bond donors (Lipinski definition) is 3. The van der Waals surface area contributed by atoms with Gasteiger partial charge in [-0.05, 0) is 31.0 Å². The molecule has 0 atom stereocenters. The number of nitrogens with zero attached hydrogens (tertiary/aromatic N) is 5. The Morgan fingerprint density at radius 2 is 1.92 bits per heavy atom. The van der Waals surface area contributed by atoms with Gasteiger partial charge >= 0.3 is 6.18 Å². The molecule has 14 heteroatoms. The molecule has 0 radical (unpaired) electrons. The Bertz CT molecular complexity index is 1720. The molecule has 1 aromatic carbocycles. The number of rotatable bonds is 7. The number of aryl methyl sites for hydroxylation is 1. The molecule has 0 fully saturated rings. The van der Waals surface area contributed by atoms with Crippen molar-refractivity contribution in [1.82, 2.24) is 34.7 Å². The number of hydrogen-bond acceptors (Lipinski definition) is 7. The van der Waals surface area contributed by atoms with Crippen LogP contribution < -0.4 is 16.4 Å². The highest BCUT2D eigenvalue weighted by molar-refractivity contribution is 5.84. The SMILES string of the molecule is O=c1[nH]ncc(NCCCCn2cnc3cc(-c4ncc5cc[nH]c5n4)c(F)cc3c2=O)c1C(F)(F)F. The zero-order chi connectivity index (χ0) is 26.2. The van der Waals surface area contributed by atoms with Crippen LogP contribution >= 0.6 is 0 Å². The Morgan fingerprint density at radius 3 is 2.73 bits per heavy atom. The molecule has 0 saturated heterocycles. The van der Waals surface area contributed by atoms with Crippen LogP contribution in [-0.4, -0.2) is 41.2 Å². The minimum atomic E-state index is -4.83. The standard InChI is InChI=1S/C23H18F4N8O2/c24-15-7-14-16(8-13(15)20-30-9-12-3-5-29-19(12)33-20)31-11-35(22(14)37)6-2-1-4-28-17-10-32-34-21(36)18(17)23(25,26)27/h3,5,7-11H,1-2,4,6H2,(H2,28,34,36)(H,29,30,33). The highest BCUT2D eigenvalue weighted by Crippen LogP contribution is 2.31. The maximum atomic E-state index is 14.9. The second-order valence-corrected chi connectivity index (χ2v) is 8.19. The van der Waals surface area contributed by atoms with E-state index in [1.807, 2.05) is 0 Å². The average molecular weight is 514 g/mol. The van der Waals surface area contributed by atoms with Gasteiger partial charge in [-0.15, -0.1) is 0 Å². The number of aromatic amines is 2. The third-order valence-corrected chi connectivity index (χ3v) is 5.73. The smallest absolute Gasteiger partial charge is 0.383 e. The van der Waals surface area contributed by atoms with Gasteiger partial charge in [-0.3, -0.25) is 14.2 Å². The number of alkyl halides is 3. The predicted octanol–water partition coefficient (Wildman–Crippen LogP) is 3.47. The van der Waals surface area contributed by atoms with E-state index in [2.05, 4.69) is 30.4 Å². The lowest BCUT2D eigenvalue weighted by Gasteiger charge is -2.13. The van der Waals surface area contributed by atoms with Gasteiger partial charge in [-0.2, -0.15) is 18.3 Å². The predicted molar refractivity (Wildman–Crippen MR) is 126 cm³/mol. The molecule has 3 N–H and O–H groups in total. The first-order valence-electron chi connectivity index (χ1n) is 11.1. The highest BCUT2D eigenvalue weighted by Gasteiger charge is 2.37.